The maximum absolute atomic E-state index is 4.16. The van der Waals surface area contributed by atoms with Crippen molar-refractivity contribution in [2.75, 3.05) is 24.5 Å². The molecule has 1 fully saturated rings. The lowest BCUT2D eigenvalue weighted by Gasteiger charge is -2.38. The van der Waals surface area contributed by atoms with Crippen LogP contribution in [0.3, 0.4) is 0 Å². The fraction of sp³-hybridized carbons (Fsp3) is 0.600. The molecule has 2 heterocycles. The zero-order valence-electron chi connectivity index (χ0n) is 8.70. The predicted octanol–water partition coefficient (Wildman–Crippen LogP) is 0.583. The highest BCUT2D eigenvalue weighted by molar-refractivity contribution is 5.41. The van der Waals surface area contributed by atoms with E-state index in [0.717, 1.165) is 25.5 Å². The zero-order valence-corrected chi connectivity index (χ0v) is 8.70. The number of hydrogen-bond acceptors (Lipinski definition) is 4. The average molecular weight is 192 g/mol. The first-order valence-electron chi connectivity index (χ1n) is 5.08. The van der Waals surface area contributed by atoms with Gasteiger partial charge in [0.1, 0.15) is 0 Å². The Hall–Kier alpha value is -1.16. The highest BCUT2D eigenvalue weighted by atomic mass is 15.3. The highest BCUT2D eigenvalue weighted by Gasteiger charge is 2.24. The molecular weight excluding hydrogens is 176 g/mol. The van der Waals surface area contributed by atoms with Gasteiger partial charge in [0.05, 0.1) is 12.2 Å². The van der Waals surface area contributed by atoms with E-state index in [1.165, 1.54) is 5.56 Å². The Bertz CT molecular complexity index is 309. The molecule has 4 heteroatoms. The highest BCUT2D eigenvalue weighted by Crippen LogP contribution is 2.15. The minimum Gasteiger partial charge on any atom is -0.350 e. The van der Waals surface area contributed by atoms with Crippen molar-refractivity contribution in [3.8, 4) is 0 Å². The van der Waals surface area contributed by atoms with Gasteiger partial charge in [-0.05, 0) is 25.5 Å². The summed E-state index contributed by atoms with van der Waals surface area (Å²) in [5.41, 5.74) is 1.17. The van der Waals surface area contributed by atoms with Gasteiger partial charge in [-0.25, -0.2) is 0 Å². The van der Waals surface area contributed by atoms with Gasteiger partial charge in [0.15, 0.2) is 5.82 Å². The van der Waals surface area contributed by atoms with Crippen molar-refractivity contribution in [1.29, 1.82) is 0 Å². The van der Waals surface area contributed by atoms with Crippen LogP contribution in [0.4, 0.5) is 5.82 Å². The number of aryl methyl sites for hydroxylation is 1. The minimum absolute atomic E-state index is 0.594. The molecule has 14 heavy (non-hydrogen) atoms. The Morgan fingerprint density at radius 2 is 2.36 bits per heavy atom. The average Bonchev–Trinajstić information content (AvgIpc) is 2.10. The van der Waals surface area contributed by atoms with Gasteiger partial charge in [-0.15, -0.1) is 5.10 Å². The SMILES string of the molecule is CCN(c1cc(C)cnn1)C1CNC1. The molecule has 0 saturated carbocycles. The van der Waals surface area contributed by atoms with Gasteiger partial charge in [-0.1, -0.05) is 0 Å². The number of nitrogens with zero attached hydrogens (tertiary/aromatic N) is 3. The van der Waals surface area contributed by atoms with Gasteiger partial charge in [-0.2, -0.15) is 5.10 Å². The van der Waals surface area contributed by atoms with Crippen molar-refractivity contribution < 1.29 is 0 Å². The van der Waals surface area contributed by atoms with Crippen LogP contribution >= 0.6 is 0 Å². The number of aromatic nitrogens is 2. The molecule has 76 valence electrons. The van der Waals surface area contributed by atoms with E-state index in [9.17, 15) is 0 Å². The van der Waals surface area contributed by atoms with Gasteiger partial charge in [0, 0.05) is 19.6 Å². The number of nitrogens with one attached hydrogen (secondary N) is 1. The van der Waals surface area contributed by atoms with Crippen molar-refractivity contribution >= 4 is 5.82 Å². The summed E-state index contributed by atoms with van der Waals surface area (Å²) in [4.78, 5) is 2.30. The molecule has 1 aromatic heterocycles. The number of rotatable bonds is 3. The molecule has 0 aliphatic carbocycles. The topological polar surface area (TPSA) is 41.1 Å². The third kappa shape index (κ3) is 1.70. The summed E-state index contributed by atoms with van der Waals surface area (Å²) >= 11 is 0. The third-order valence-electron chi connectivity index (χ3n) is 2.61. The van der Waals surface area contributed by atoms with Gasteiger partial charge in [-0.3, -0.25) is 0 Å². The maximum Gasteiger partial charge on any atom is 0.151 e. The first kappa shape index (κ1) is 9.40. The molecule has 0 radical (unpaired) electrons. The van der Waals surface area contributed by atoms with E-state index in [1.807, 2.05) is 6.92 Å². The van der Waals surface area contributed by atoms with Crippen LogP contribution in [0.15, 0.2) is 12.3 Å². The second-order valence-electron chi connectivity index (χ2n) is 3.69. The van der Waals surface area contributed by atoms with Crippen molar-refractivity contribution in [3.63, 3.8) is 0 Å². The Balaban J connectivity index is 2.17. The van der Waals surface area contributed by atoms with Crippen molar-refractivity contribution in [3.05, 3.63) is 17.8 Å². The third-order valence-corrected chi connectivity index (χ3v) is 2.61. The Kier molecular flexibility index (Phi) is 2.63. The monoisotopic (exact) mass is 192 g/mol. The van der Waals surface area contributed by atoms with Crippen LogP contribution in [-0.2, 0) is 0 Å². The van der Waals surface area contributed by atoms with Crippen molar-refractivity contribution in [1.82, 2.24) is 15.5 Å². The summed E-state index contributed by atoms with van der Waals surface area (Å²) in [5.74, 6) is 0.999. The Labute approximate surface area is 84.3 Å². The second-order valence-corrected chi connectivity index (χ2v) is 3.69. The number of hydrogen-bond donors (Lipinski definition) is 1. The normalized spacial score (nSPS) is 16.4. The lowest BCUT2D eigenvalue weighted by molar-refractivity contribution is 0.414. The van der Waals surface area contributed by atoms with E-state index in [1.54, 1.807) is 6.20 Å². The quantitative estimate of drug-likeness (QED) is 0.760. The Morgan fingerprint density at radius 1 is 1.57 bits per heavy atom. The molecular formula is C10H16N4. The van der Waals surface area contributed by atoms with E-state index >= 15 is 0 Å². The summed E-state index contributed by atoms with van der Waals surface area (Å²) < 4.78 is 0. The number of likely N-dealkylation sites (N-methyl/N-ethyl adjacent to an activating group) is 1. The molecule has 1 aromatic rings. The zero-order chi connectivity index (χ0) is 9.97. The summed E-state index contributed by atoms with van der Waals surface area (Å²) in [5, 5.41) is 11.4. The smallest absolute Gasteiger partial charge is 0.151 e. The van der Waals surface area contributed by atoms with E-state index in [-0.39, 0.29) is 0 Å². The fourth-order valence-electron chi connectivity index (χ4n) is 1.69. The minimum atomic E-state index is 0.594. The lowest BCUT2D eigenvalue weighted by atomic mass is 10.1. The van der Waals surface area contributed by atoms with Crippen LogP contribution in [-0.4, -0.2) is 35.9 Å². The molecule has 4 nitrogen and oxygen atoms in total. The second kappa shape index (κ2) is 3.92. The molecule has 0 atom stereocenters. The predicted molar refractivity (Wildman–Crippen MR) is 56.4 cm³/mol. The largest absolute Gasteiger partial charge is 0.350 e. The van der Waals surface area contributed by atoms with Gasteiger partial charge in [0.25, 0.3) is 0 Å². The van der Waals surface area contributed by atoms with E-state index in [4.69, 9.17) is 0 Å². The standard InChI is InChI=1S/C10H16N4/c1-3-14(9-6-11-7-9)10-4-8(2)5-12-13-10/h4-5,9,11H,3,6-7H2,1-2H3. The summed E-state index contributed by atoms with van der Waals surface area (Å²) in [6.07, 6.45) is 1.79. The molecule has 0 unspecified atom stereocenters. The van der Waals surface area contributed by atoms with Gasteiger partial charge < -0.3 is 10.2 Å². The first-order valence-corrected chi connectivity index (χ1v) is 5.08. The van der Waals surface area contributed by atoms with Gasteiger partial charge >= 0.3 is 0 Å². The van der Waals surface area contributed by atoms with Crippen LogP contribution in [0.2, 0.25) is 0 Å². The molecule has 1 aliphatic heterocycles. The Morgan fingerprint density at radius 3 is 2.86 bits per heavy atom. The summed E-state index contributed by atoms with van der Waals surface area (Å²) in [7, 11) is 0. The van der Waals surface area contributed by atoms with Crippen LogP contribution in [0.5, 0.6) is 0 Å². The van der Waals surface area contributed by atoms with Crippen molar-refractivity contribution in [2.24, 2.45) is 0 Å². The fourth-order valence-corrected chi connectivity index (χ4v) is 1.69. The molecule has 1 N–H and O–H groups in total. The first-order chi connectivity index (χ1) is 6.81. The molecule has 0 amide bonds. The van der Waals surface area contributed by atoms with Gasteiger partial charge in [0.2, 0.25) is 0 Å². The lowest BCUT2D eigenvalue weighted by Crippen LogP contribution is -2.57. The summed E-state index contributed by atoms with van der Waals surface area (Å²) in [6, 6.07) is 2.69. The molecule has 2 rings (SSSR count). The van der Waals surface area contributed by atoms with E-state index in [2.05, 4.69) is 33.4 Å². The molecule has 1 aliphatic rings. The van der Waals surface area contributed by atoms with Crippen LogP contribution in [0.25, 0.3) is 0 Å². The van der Waals surface area contributed by atoms with Crippen LogP contribution in [0, 0.1) is 6.92 Å². The van der Waals surface area contributed by atoms with Crippen LogP contribution < -0.4 is 10.2 Å². The van der Waals surface area contributed by atoms with E-state index < -0.39 is 0 Å². The summed E-state index contributed by atoms with van der Waals surface area (Å²) in [6.45, 7) is 7.31. The van der Waals surface area contributed by atoms with Crippen molar-refractivity contribution in [2.45, 2.75) is 19.9 Å². The van der Waals surface area contributed by atoms with E-state index in [0.29, 0.717) is 6.04 Å². The molecule has 0 bridgehead atoms. The maximum atomic E-state index is 4.16. The molecule has 0 aromatic carbocycles. The van der Waals surface area contributed by atoms with Crippen LogP contribution in [0.1, 0.15) is 12.5 Å². The molecule has 1 saturated heterocycles. The number of anilines is 1. The molecule has 0 spiro atoms.